The predicted molar refractivity (Wildman–Crippen MR) is 59.6 cm³/mol. The van der Waals surface area contributed by atoms with Crippen LogP contribution in [0.25, 0.3) is 0 Å². The summed E-state index contributed by atoms with van der Waals surface area (Å²) in [7, 11) is 0. The third-order valence-electron chi connectivity index (χ3n) is 2.97. The van der Waals surface area contributed by atoms with E-state index < -0.39 is 0 Å². The van der Waals surface area contributed by atoms with Crippen LogP contribution in [0.4, 0.5) is 0 Å². The van der Waals surface area contributed by atoms with Gasteiger partial charge in [0.15, 0.2) is 0 Å². The Bertz CT molecular complexity index is 283. The molecule has 1 aliphatic rings. The van der Waals surface area contributed by atoms with Crippen molar-refractivity contribution in [1.29, 1.82) is 0 Å². The van der Waals surface area contributed by atoms with E-state index in [1.54, 1.807) is 11.3 Å². The third-order valence-corrected chi connectivity index (χ3v) is 3.70. The van der Waals surface area contributed by atoms with Crippen LogP contribution in [0.1, 0.15) is 37.7 Å². The zero-order valence-corrected chi connectivity index (χ0v) is 9.19. The van der Waals surface area contributed by atoms with Gasteiger partial charge in [0.25, 0.3) is 0 Å². The lowest BCUT2D eigenvalue weighted by Crippen LogP contribution is -2.07. The summed E-state index contributed by atoms with van der Waals surface area (Å²) in [6, 6.07) is 2.05. The Kier molecular flexibility index (Phi) is 3.35. The highest BCUT2D eigenvalue weighted by Gasteiger charge is 2.18. The second kappa shape index (κ2) is 4.74. The van der Waals surface area contributed by atoms with Crippen LogP contribution < -0.4 is 0 Å². The second-order valence-corrected chi connectivity index (χ2v) is 4.98. The lowest BCUT2D eigenvalue weighted by Gasteiger charge is -2.06. The first-order chi connectivity index (χ1) is 6.84. The van der Waals surface area contributed by atoms with Gasteiger partial charge in [-0.1, -0.05) is 25.7 Å². The molecule has 2 heteroatoms. The first-order valence-corrected chi connectivity index (χ1v) is 6.31. The molecule has 0 amide bonds. The van der Waals surface area contributed by atoms with Crippen molar-refractivity contribution in [3.63, 3.8) is 0 Å². The molecule has 0 radical (unpaired) electrons. The molecule has 0 atom stereocenters. The maximum Gasteiger partial charge on any atom is 0.137 e. The summed E-state index contributed by atoms with van der Waals surface area (Å²) in [6.07, 6.45) is 6.67. The fourth-order valence-electron chi connectivity index (χ4n) is 2.23. The first-order valence-electron chi connectivity index (χ1n) is 5.37. The number of rotatable bonds is 4. The molecule has 1 saturated carbocycles. The second-order valence-electron chi connectivity index (χ2n) is 4.20. The predicted octanol–water partition coefficient (Wildman–Crippen LogP) is 3.44. The SMILES string of the molecule is O=C(Cc1ccsc1)CC1CCCC1. The maximum atomic E-state index is 11.7. The fraction of sp³-hybridized carbons (Fsp3) is 0.583. The molecule has 0 bridgehead atoms. The number of ketones is 1. The van der Waals surface area contributed by atoms with Crippen molar-refractivity contribution >= 4 is 17.1 Å². The Morgan fingerprint density at radius 3 is 2.86 bits per heavy atom. The Hall–Kier alpha value is -0.630. The molecule has 0 spiro atoms. The monoisotopic (exact) mass is 208 g/mol. The highest BCUT2D eigenvalue weighted by atomic mass is 32.1. The van der Waals surface area contributed by atoms with Crippen LogP contribution in [0.3, 0.4) is 0 Å². The molecule has 1 aromatic rings. The molecule has 76 valence electrons. The number of hydrogen-bond acceptors (Lipinski definition) is 2. The topological polar surface area (TPSA) is 17.1 Å². The Labute approximate surface area is 89.1 Å². The molecule has 1 nitrogen and oxygen atoms in total. The number of thiophene rings is 1. The van der Waals surface area contributed by atoms with Gasteiger partial charge in [-0.15, -0.1) is 0 Å². The molecule has 1 aliphatic carbocycles. The fourth-order valence-corrected chi connectivity index (χ4v) is 2.90. The van der Waals surface area contributed by atoms with Crippen molar-refractivity contribution in [2.24, 2.45) is 5.92 Å². The molecule has 0 N–H and O–H groups in total. The van der Waals surface area contributed by atoms with Crippen LogP contribution in [-0.4, -0.2) is 5.78 Å². The van der Waals surface area contributed by atoms with E-state index in [2.05, 4.69) is 11.4 Å². The lowest BCUT2D eigenvalue weighted by molar-refractivity contribution is -0.119. The van der Waals surface area contributed by atoms with Gasteiger partial charge < -0.3 is 0 Å². The molecule has 1 fully saturated rings. The zero-order valence-electron chi connectivity index (χ0n) is 8.37. The smallest absolute Gasteiger partial charge is 0.137 e. The van der Waals surface area contributed by atoms with Crippen molar-refractivity contribution < 1.29 is 4.79 Å². The molecule has 0 unspecified atom stereocenters. The number of Topliss-reactive ketones (excluding diaryl/α,β-unsaturated/α-hetero) is 1. The Morgan fingerprint density at radius 1 is 1.43 bits per heavy atom. The minimum atomic E-state index is 0.426. The van der Waals surface area contributed by atoms with Gasteiger partial charge >= 0.3 is 0 Å². The van der Waals surface area contributed by atoms with Gasteiger partial charge in [0, 0.05) is 12.8 Å². The van der Waals surface area contributed by atoms with Crippen LogP contribution in [0.15, 0.2) is 16.8 Å². The van der Waals surface area contributed by atoms with Gasteiger partial charge in [-0.25, -0.2) is 0 Å². The van der Waals surface area contributed by atoms with Gasteiger partial charge in [0.1, 0.15) is 5.78 Å². The van der Waals surface area contributed by atoms with Gasteiger partial charge in [-0.05, 0) is 28.3 Å². The van der Waals surface area contributed by atoms with Crippen LogP contribution in [0.2, 0.25) is 0 Å². The van der Waals surface area contributed by atoms with Crippen LogP contribution in [-0.2, 0) is 11.2 Å². The van der Waals surface area contributed by atoms with E-state index in [9.17, 15) is 4.79 Å². The molecule has 0 aromatic carbocycles. The Morgan fingerprint density at radius 2 is 2.21 bits per heavy atom. The van der Waals surface area contributed by atoms with Crippen molar-refractivity contribution in [3.05, 3.63) is 22.4 Å². The number of carbonyl (C=O) groups excluding carboxylic acids is 1. The average Bonchev–Trinajstić information content (AvgIpc) is 2.76. The van der Waals surface area contributed by atoms with Crippen molar-refractivity contribution in [3.8, 4) is 0 Å². The van der Waals surface area contributed by atoms with E-state index in [1.807, 2.05) is 5.38 Å². The minimum absolute atomic E-state index is 0.426. The van der Waals surface area contributed by atoms with Crippen molar-refractivity contribution in [1.82, 2.24) is 0 Å². The highest BCUT2D eigenvalue weighted by molar-refractivity contribution is 7.07. The van der Waals surface area contributed by atoms with Crippen molar-refractivity contribution in [2.45, 2.75) is 38.5 Å². The molecule has 2 rings (SSSR count). The van der Waals surface area contributed by atoms with E-state index in [4.69, 9.17) is 0 Å². The minimum Gasteiger partial charge on any atom is -0.299 e. The molecular formula is C12H16OS. The summed E-state index contributed by atoms with van der Waals surface area (Å²) < 4.78 is 0. The van der Waals surface area contributed by atoms with E-state index in [1.165, 1.54) is 31.2 Å². The molecule has 1 aromatic heterocycles. The highest BCUT2D eigenvalue weighted by Crippen LogP contribution is 2.28. The average molecular weight is 208 g/mol. The van der Waals surface area contributed by atoms with Gasteiger partial charge in [-0.3, -0.25) is 4.79 Å². The van der Waals surface area contributed by atoms with E-state index >= 15 is 0 Å². The van der Waals surface area contributed by atoms with Gasteiger partial charge in [0.2, 0.25) is 0 Å². The van der Waals surface area contributed by atoms with Gasteiger partial charge in [0.05, 0.1) is 0 Å². The van der Waals surface area contributed by atoms with Gasteiger partial charge in [-0.2, -0.15) is 11.3 Å². The maximum absolute atomic E-state index is 11.7. The summed E-state index contributed by atoms with van der Waals surface area (Å²) in [5.74, 6) is 1.12. The zero-order chi connectivity index (χ0) is 9.80. The van der Waals surface area contributed by atoms with Crippen LogP contribution >= 0.6 is 11.3 Å². The van der Waals surface area contributed by atoms with E-state index in [-0.39, 0.29) is 0 Å². The summed E-state index contributed by atoms with van der Waals surface area (Å²) in [5.41, 5.74) is 1.19. The van der Waals surface area contributed by atoms with E-state index in [0.717, 1.165) is 6.42 Å². The molecule has 14 heavy (non-hydrogen) atoms. The van der Waals surface area contributed by atoms with Crippen LogP contribution in [0.5, 0.6) is 0 Å². The summed E-state index contributed by atoms with van der Waals surface area (Å²) in [4.78, 5) is 11.7. The van der Waals surface area contributed by atoms with Crippen molar-refractivity contribution in [2.75, 3.05) is 0 Å². The summed E-state index contributed by atoms with van der Waals surface area (Å²) in [6.45, 7) is 0. The molecular weight excluding hydrogens is 192 g/mol. The number of hydrogen-bond donors (Lipinski definition) is 0. The molecule has 0 saturated heterocycles. The summed E-state index contributed by atoms with van der Waals surface area (Å²) >= 11 is 1.67. The third kappa shape index (κ3) is 2.68. The quantitative estimate of drug-likeness (QED) is 0.740. The first kappa shape index (κ1) is 9.91. The van der Waals surface area contributed by atoms with E-state index in [0.29, 0.717) is 18.1 Å². The standard InChI is InChI=1S/C12H16OS/c13-12(7-10-3-1-2-4-10)8-11-5-6-14-9-11/h5-6,9-10H,1-4,7-8H2. The largest absolute Gasteiger partial charge is 0.299 e. The molecule has 0 aliphatic heterocycles. The number of carbonyl (C=O) groups is 1. The normalized spacial score (nSPS) is 17.4. The van der Waals surface area contributed by atoms with Crippen LogP contribution in [0, 0.1) is 5.92 Å². The lowest BCUT2D eigenvalue weighted by atomic mass is 9.98. The molecule has 1 heterocycles. The summed E-state index contributed by atoms with van der Waals surface area (Å²) in [5, 5.41) is 4.12. The Balaban J connectivity index is 1.78.